The van der Waals surface area contributed by atoms with Gasteiger partial charge in [-0.3, -0.25) is 9.52 Å². The molecule has 1 aliphatic rings. The molecule has 1 fully saturated rings. The van der Waals surface area contributed by atoms with Crippen molar-refractivity contribution in [2.75, 3.05) is 23.8 Å². The van der Waals surface area contributed by atoms with E-state index in [-0.39, 0.29) is 88.2 Å². The summed E-state index contributed by atoms with van der Waals surface area (Å²) in [4.78, 5) is 10.2. The Balaban J connectivity index is 0.00000342. The summed E-state index contributed by atoms with van der Waals surface area (Å²) in [6.45, 7) is -0.305. The third-order valence-corrected chi connectivity index (χ3v) is 8.44. The monoisotopic (exact) mass is 590 g/mol. The predicted molar refractivity (Wildman–Crippen MR) is 124 cm³/mol. The Morgan fingerprint density at radius 3 is 1.78 bits per heavy atom. The van der Waals surface area contributed by atoms with Crippen LogP contribution in [0.5, 0.6) is 0 Å². The maximum absolute atomic E-state index is 12.1. The summed E-state index contributed by atoms with van der Waals surface area (Å²) in [5, 5.41) is 1.77. The first kappa shape index (κ1) is 34.2. The normalized spacial score (nSPS) is 13.9. The molecule has 0 heterocycles. The Bertz CT molecular complexity index is 1500. The molecule has 1 amide bonds. The number of carbonyl (C=O) groups is 1. The predicted octanol–water partition coefficient (Wildman–Crippen LogP) is -4.84. The molecule has 0 atom stereocenters. The topological polar surface area (TPSA) is 199 Å². The van der Waals surface area contributed by atoms with Crippen LogP contribution >= 0.6 is 0 Å². The molecule has 2 aromatic rings. The van der Waals surface area contributed by atoms with E-state index in [0.717, 1.165) is 30.4 Å². The van der Waals surface area contributed by atoms with Crippen molar-refractivity contribution >= 4 is 59.7 Å². The van der Waals surface area contributed by atoms with E-state index in [2.05, 4.69) is 14.8 Å². The molecule has 1 aliphatic carbocycles. The molecule has 0 bridgehead atoms. The Kier molecular flexibility index (Phi) is 12.5. The Morgan fingerprint density at radius 2 is 1.35 bits per heavy atom. The number of nitrogens with one attached hydrogen (secondary N) is 2. The molecule has 0 unspecified atom stereocenters. The van der Waals surface area contributed by atoms with Gasteiger partial charge in [0.1, 0.15) is 26.8 Å². The van der Waals surface area contributed by atoms with Crippen molar-refractivity contribution in [3.8, 4) is 0 Å². The van der Waals surface area contributed by atoms with Crippen LogP contribution in [-0.4, -0.2) is 59.2 Å². The molecule has 0 radical (unpaired) electrons. The van der Waals surface area contributed by atoms with Crippen LogP contribution in [0.4, 0.5) is 11.4 Å². The molecular formula is C20H20N2Na2O10S3. The summed E-state index contributed by atoms with van der Waals surface area (Å²) in [5.41, 5.74) is -0.421. The van der Waals surface area contributed by atoms with Crippen LogP contribution in [0.1, 0.15) is 24.0 Å². The molecular weight excluding hydrogens is 570 g/mol. The number of rotatable bonds is 10. The first-order valence-electron chi connectivity index (χ1n) is 9.89. The molecule has 190 valence electrons. The molecule has 12 nitrogen and oxygen atoms in total. The largest absolute Gasteiger partial charge is 1.00 e. The smallest absolute Gasteiger partial charge is 0.744 e. The first-order valence-corrected chi connectivity index (χ1v) is 14.3. The Morgan fingerprint density at radius 1 is 0.892 bits per heavy atom. The molecule has 0 saturated heterocycles. The summed E-state index contributed by atoms with van der Waals surface area (Å²) in [7, 11) is -12.5. The minimum Gasteiger partial charge on any atom is -0.744 e. The number of anilines is 2. The van der Waals surface area contributed by atoms with Crippen LogP contribution in [0, 0.1) is 0 Å². The molecule has 1 saturated carbocycles. The van der Waals surface area contributed by atoms with E-state index in [1.165, 1.54) is 25.3 Å². The molecule has 0 aliphatic heterocycles. The van der Waals surface area contributed by atoms with Crippen LogP contribution in [-0.2, 0) is 39.8 Å². The number of ether oxygens (including phenoxy) is 1. The zero-order chi connectivity index (χ0) is 26.0. The summed E-state index contributed by atoms with van der Waals surface area (Å²) in [5.74, 6) is -0.590. The van der Waals surface area contributed by atoms with Crippen molar-refractivity contribution < 1.29 is 103 Å². The third-order valence-electron chi connectivity index (χ3n) is 4.79. The number of carbonyl (C=O) groups excluding carboxylic acids is 1. The average Bonchev–Trinajstić information content (AvgIpc) is 3.58. The van der Waals surface area contributed by atoms with E-state index >= 15 is 0 Å². The van der Waals surface area contributed by atoms with Gasteiger partial charge in [-0.2, -0.15) is 0 Å². The number of sulfonamides is 1. The molecule has 37 heavy (non-hydrogen) atoms. The average molecular weight is 591 g/mol. The maximum Gasteiger partial charge on any atom is 1.00 e. The fraction of sp³-hybridized carbons (Fsp3) is 0.250. The molecule has 2 N–H and O–H groups in total. The maximum atomic E-state index is 12.1. The summed E-state index contributed by atoms with van der Waals surface area (Å²) in [6, 6.07) is 6.71. The van der Waals surface area contributed by atoms with Crippen molar-refractivity contribution in [3.05, 3.63) is 47.5 Å². The third kappa shape index (κ3) is 9.70. The number of hydrogen-bond acceptors (Lipinski definition) is 10. The van der Waals surface area contributed by atoms with Gasteiger partial charge in [-0.1, -0.05) is 24.3 Å². The van der Waals surface area contributed by atoms with Gasteiger partial charge in [0, 0.05) is 18.5 Å². The van der Waals surface area contributed by atoms with Crippen molar-refractivity contribution in [1.82, 2.24) is 0 Å². The fourth-order valence-electron chi connectivity index (χ4n) is 3.05. The van der Waals surface area contributed by atoms with Crippen molar-refractivity contribution in [1.29, 1.82) is 0 Å². The number of methoxy groups -OCH3 is 1. The van der Waals surface area contributed by atoms with Crippen LogP contribution < -0.4 is 69.2 Å². The summed E-state index contributed by atoms with van der Waals surface area (Å²) in [6.07, 6.45) is 3.14. The first-order chi connectivity index (χ1) is 16.2. The van der Waals surface area contributed by atoms with Gasteiger partial charge < -0.3 is 19.2 Å². The van der Waals surface area contributed by atoms with Gasteiger partial charge in [0.15, 0.2) is 0 Å². The molecule has 0 spiro atoms. The van der Waals surface area contributed by atoms with E-state index in [1.54, 1.807) is 0 Å². The zero-order valence-electron chi connectivity index (χ0n) is 20.1. The van der Waals surface area contributed by atoms with Crippen LogP contribution in [0.2, 0.25) is 0 Å². The Hall–Kier alpha value is -0.820. The van der Waals surface area contributed by atoms with E-state index in [9.17, 15) is 39.2 Å². The van der Waals surface area contributed by atoms with Crippen LogP contribution in [0.3, 0.4) is 0 Å². The second-order valence-electron chi connectivity index (χ2n) is 7.57. The van der Waals surface area contributed by atoms with Crippen LogP contribution in [0.15, 0.2) is 46.2 Å². The number of benzene rings is 2. The quantitative estimate of drug-likeness (QED) is 0.154. The molecule has 3 rings (SSSR count). The summed E-state index contributed by atoms with van der Waals surface area (Å²) >= 11 is 0. The van der Waals surface area contributed by atoms with Gasteiger partial charge >= 0.3 is 59.1 Å². The van der Waals surface area contributed by atoms with E-state index in [4.69, 9.17) is 0 Å². The SMILES string of the molecule is COCC(=O)Nc1ccc(C=Cc2ccc(NS(=O)(=O)C3CC3)cc2S(=O)(=O)[O-])c(S(=O)(=O)[O-])c1.[Na+].[Na+]. The van der Waals surface area contributed by atoms with Crippen molar-refractivity contribution in [2.45, 2.75) is 27.9 Å². The Labute approximate surface area is 259 Å². The van der Waals surface area contributed by atoms with Gasteiger partial charge in [0.05, 0.1) is 15.0 Å². The van der Waals surface area contributed by atoms with Crippen LogP contribution in [0.25, 0.3) is 12.2 Å². The molecule has 17 heteroatoms. The van der Waals surface area contributed by atoms with Gasteiger partial charge in [-0.05, 0) is 48.2 Å². The van der Waals surface area contributed by atoms with Gasteiger partial charge in [-0.15, -0.1) is 0 Å². The molecule has 0 aromatic heterocycles. The number of hydrogen-bond donors (Lipinski definition) is 2. The van der Waals surface area contributed by atoms with E-state index in [0.29, 0.717) is 12.8 Å². The van der Waals surface area contributed by atoms with E-state index in [1.807, 2.05) is 0 Å². The van der Waals surface area contributed by atoms with Gasteiger partial charge in [0.2, 0.25) is 15.9 Å². The van der Waals surface area contributed by atoms with Crippen molar-refractivity contribution in [3.63, 3.8) is 0 Å². The fourth-order valence-corrected chi connectivity index (χ4v) is 5.82. The minimum atomic E-state index is -5.06. The van der Waals surface area contributed by atoms with Gasteiger partial charge in [-0.25, -0.2) is 25.3 Å². The summed E-state index contributed by atoms with van der Waals surface area (Å²) < 4.78 is 102. The second kappa shape index (κ2) is 13.5. The minimum absolute atomic E-state index is 0. The van der Waals surface area contributed by atoms with Gasteiger partial charge in [0.25, 0.3) is 0 Å². The van der Waals surface area contributed by atoms with E-state index < -0.39 is 51.2 Å². The second-order valence-corrected chi connectivity index (χ2v) is 12.2. The van der Waals surface area contributed by atoms with Crippen molar-refractivity contribution in [2.24, 2.45) is 0 Å². The number of amides is 1. The zero-order valence-corrected chi connectivity index (χ0v) is 26.6. The molecule has 2 aromatic carbocycles. The standard InChI is InChI=1S/C20H22N2O10S3.2Na/c1-32-12-20(23)21-15-6-4-13(18(10-15)34(26,27)28)2-3-14-5-7-16(11-19(14)35(29,30)31)22-33(24,25)17-8-9-17;;/h2-7,10-11,17,22H,8-9,12H2,1H3,(H,21,23)(H,26,27,28)(H,29,30,31);;/q;2*+1/p-2.